The molecular formula is C12H16FNO3S. The van der Waals surface area contributed by atoms with Gasteiger partial charge in [-0.2, -0.15) is 0 Å². The van der Waals surface area contributed by atoms with Gasteiger partial charge in [0, 0.05) is 31.3 Å². The van der Waals surface area contributed by atoms with Crippen LogP contribution in [0.3, 0.4) is 0 Å². The molecule has 4 nitrogen and oxygen atoms in total. The van der Waals surface area contributed by atoms with Gasteiger partial charge in [-0.25, -0.2) is 12.8 Å². The molecule has 1 aliphatic heterocycles. The first kappa shape index (κ1) is 13.3. The summed E-state index contributed by atoms with van der Waals surface area (Å²) in [6.45, 7) is 0.967. The molecule has 0 saturated heterocycles. The third kappa shape index (κ3) is 3.68. The molecule has 0 amide bonds. The summed E-state index contributed by atoms with van der Waals surface area (Å²) in [4.78, 5) is 0. The van der Waals surface area contributed by atoms with Gasteiger partial charge >= 0.3 is 0 Å². The predicted molar refractivity (Wildman–Crippen MR) is 67.1 cm³/mol. The van der Waals surface area contributed by atoms with Gasteiger partial charge in [0.15, 0.2) is 0 Å². The molecule has 2 rings (SSSR count). The van der Waals surface area contributed by atoms with Crippen LogP contribution in [-0.4, -0.2) is 39.6 Å². The van der Waals surface area contributed by atoms with Crippen LogP contribution >= 0.6 is 0 Å². The van der Waals surface area contributed by atoms with Crippen LogP contribution in [0.15, 0.2) is 18.2 Å². The molecule has 1 N–H and O–H groups in total. The largest absolute Gasteiger partial charge is 0.488 e. The molecule has 1 unspecified atom stereocenters. The summed E-state index contributed by atoms with van der Waals surface area (Å²) in [5, 5.41) is 3.04. The number of nitrogens with one attached hydrogen (secondary N) is 1. The molecule has 1 aromatic carbocycles. The smallest absolute Gasteiger partial charge is 0.148 e. The maximum atomic E-state index is 13.0. The first-order chi connectivity index (χ1) is 8.44. The minimum Gasteiger partial charge on any atom is -0.488 e. The minimum absolute atomic E-state index is 0.0543. The fourth-order valence-corrected chi connectivity index (χ4v) is 2.44. The van der Waals surface area contributed by atoms with Crippen molar-refractivity contribution in [1.29, 1.82) is 0 Å². The summed E-state index contributed by atoms with van der Waals surface area (Å²) in [7, 11) is -2.93. The van der Waals surface area contributed by atoms with Crippen LogP contribution in [0.1, 0.15) is 5.56 Å². The number of ether oxygens (including phenoxy) is 1. The molecule has 0 saturated carbocycles. The topological polar surface area (TPSA) is 55.4 Å². The Kier molecular flexibility index (Phi) is 3.87. The molecule has 1 aliphatic rings. The van der Waals surface area contributed by atoms with Crippen molar-refractivity contribution in [3.8, 4) is 5.75 Å². The normalized spacial score (nSPS) is 18.4. The second-order valence-corrected chi connectivity index (χ2v) is 6.79. The van der Waals surface area contributed by atoms with E-state index in [0.717, 1.165) is 5.56 Å². The summed E-state index contributed by atoms with van der Waals surface area (Å²) >= 11 is 0. The Morgan fingerprint density at radius 2 is 2.28 bits per heavy atom. The summed E-state index contributed by atoms with van der Waals surface area (Å²) in [6.07, 6.45) is 1.81. The van der Waals surface area contributed by atoms with Crippen molar-refractivity contribution in [2.75, 3.05) is 25.1 Å². The third-order valence-corrected chi connectivity index (χ3v) is 3.73. The van der Waals surface area contributed by atoms with Gasteiger partial charge in [-0.1, -0.05) is 0 Å². The fourth-order valence-electron chi connectivity index (χ4n) is 1.92. The van der Waals surface area contributed by atoms with E-state index in [1.165, 1.54) is 18.4 Å². The Hall–Kier alpha value is -1.14. The lowest BCUT2D eigenvalue weighted by atomic mass is 10.1. The van der Waals surface area contributed by atoms with E-state index in [1.54, 1.807) is 6.07 Å². The molecule has 0 aromatic heterocycles. The zero-order chi connectivity index (χ0) is 13.2. The highest BCUT2D eigenvalue weighted by molar-refractivity contribution is 7.90. The maximum absolute atomic E-state index is 13.0. The lowest BCUT2D eigenvalue weighted by molar-refractivity contribution is 0.229. The first-order valence-electron chi connectivity index (χ1n) is 5.77. The molecule has 1 aromatic rings. The Morgan fingerprint density at radius 1 is 1.50 bits per heavy atom. The number of rotatable bonds is 5. The molecule has 18 heavy (non-hydrogen) atoms. The van der Waals surface area contributed by atoms with Crippen molar-refractivity contribution >= 4 is 9.84 Å². The second kappa shape index (κ2) is 5.24. The Bertz CT molecular complexity index is 530. The monoisotopic (exact) mass is 273 g/mol. The molecule has 6 heteroatoms. The highest BCUT2D eigenvalue weighted by atomic mass is 32.2. The van der Waals surface area contributed by atoms with E-state index in [0.29, 0.717) is 25.3 Å². The molecule has 0 aliphatic carbocycles. The average Bonchev–Trinajstić information content (AvgIpc) is 2.65. The lowest BCUT2D eigenvalue weighted by Gasteiger charge is -2.11. The standard InChI is InChI=1S/C12H16FNO3S/c1-18(15,16)5-4-14-8-11-7-9-6-10(13)2-3-12(9)17-11/h2-3,6,11,14H,4-5,7-8H2,1H3. The zero-order valence-electron chi connectivity index (χ0n) is 10.1. The predicted octanol–water partition coefficient (Wildman–Crippen LogP) is 0.763. The van der Waals surface area contributed by atoms with Gasteiger partial charge < -0.3 is 10.1 Å². The zero-order valence-corrected chi connectivity index (χ0v) is 11.0. The molecule has 0 radical (unpaired) electrons. The first-order valence-corrected chi connectivity index (χ1v) is 7.83. The van der Waals surface area contributed by atoms with E-state index in [4.69, 9.17) is 4.74 Å². The van der Waals surface area contributed by atoms with Crippen LogP contribution in [0.25, 0.3) is 0 Å². The van der Waals surface area contributed by atoms with E-state index in [2.05, 4.69) is 5.32 Å². The van der Waals surface area contributed by atoms with E-state index in [-0.39, 0.29) is 17.7 Å². The van der Waals surface area contributed by atoms with Crippen molar-refractivity contribution in [3.63, 3.8) is 0 Å². The summed E-state index contributed by atoms with van der Waals surface area (Å²) < 4.78 is 40.5. The number of hydrogen-bond acceptors (Lipinski definition) is 4. The van der Waals surface area contributed by atoms with Crippen LogP contribution in [0.4, 0.5) is 4.39 Å². The van der Waals surface area contributed by atoms with Crippen LogP contribution in [-0.2, 0) is 16.3 Å². The van der Waals surface area contributed by atoms with E-state index >= 15 is 0 Å². The number of halogens is 1. The maximum Gasteiger partial charge on any atom is 0.148 e. The summed E-state index contributed by atoms with van der Waals surface area (Å²) in [5.74, 6) is 0.565. The van der Waals surface area contributed by atoms with Crippen molar-refractivity contribution in [3.05, 3.63) is 29.6 Å². The van der Waals surface area contributed by atoms with Crippen molar-refractivity contribution in [2.24, 2.45) is 0 Å². The van der Waals surface area contributed by atoms with Crippen LogP contribution in [0.2, 0.25) is 0 Å². The fraction of sp³-hybridized carbons (Fsp3) is 0.500. The van der Waals surface area contributed by atoms with Gasteiger partial charge in [-0.15, -0.1) is 0 Å². The average molecular weight is 273 g/mol. The van der Waals surface area contributed by atoms with Crippen LogP contribution in [0, 0.1) is 5.82 Å². The van der Waals surface area contributed by atoms with Gasteiger partial charge in [0.2, 0.25) is 0 Å². The lowest BCUT2D eigenvalue weighted by Crippen LogP contribution is -2.33. The molecule has 100 valence electrons. The van der Waals surface area contributed by atoms with E-state index < -0.39 is 9.84 Å². The van der Waals surface area contributed by atoms with Crippen LogP contribution < -0.4 is 10.1 Å². The number of fused-ring (bicyclic) bond motifs is 1. The number of benzene rings is 1. The molecule has 0 bridgehead atoms. The second-order valence-electron chi connectivity index (χ2n) is 4.53. The summed E-state index contributed by atoms with van der Waals surface area (Å²) in [6, 6.07) is 4.48. The van der Waals surface area contributed by atoms with Crippen LogP contribution in [0.5, 0.6) is 5.75 Å². The molecule has 1 heterocycles. The minimum atomic E-state index is -2.93. The van der Waals surface area contributed by atoms with Crippen molar-refractivity contribution in [1.82, 2.24) is 5.32 Å². The third-order valence-electron chi connectivity index (χ3n) is 2.79. The summed E-state index contributed by atoms with van der Waals surface area (Å²) in [5.41, 5.74) is 0.866. The van der Waals surface area contributed by atoms with Gasteiger partial charge in [0.25, 0.3) is 0 Å². The molecular weight excluding hydrogens is 257 g/mol. The van der Waals surface area contributed by atoms with Gasteiger partial charge in [-0.3, -0.25) is 0 Å². The molecule has 0 spiro atoms. The SMILES string of the molecule is CS(=O)(=O)CCNCC1Cc2cc(F)ccc2O1. The number of hydrogen-bond donors (Lipinski definition) is 1. The Morgan fingerprint density at radius 3 is 3.00 bits per heavy atom. The van der Waals surface area contributed by atoms with Crippen molar-refractivity contribution in [2.45, 2.75) is 12.5 Å². The molecule has 0 fully saturated rings. The van der Waals surface area contributed by atoms with E-state index in [1.807, 2.05) is 0 Å². The van der Waals surface area contributed by atoms with Gasteiger partial charge in [0.05, 0.1) is 5.75 Å². The van der Waals surface area contributed by atoms with Gasteiger partial charge in [0.1, 0.15) is 27.5 Å². The van der Waals surface area contributed by atoms with Crippen molar-refractivity contribution < 1.29 is 17.5 Å². The van der Waals surface area contributed by atoms with E-state index in [9.17, 15) is 12.8 Å². The Labute approximate surface area is 106 Å². The number of sulfone groups is 1. The van der Waals surface area contributed by atoms with Gasteiger partial charge in [-0.05, 0) is 18.2 Å². The highest BCUT2D eigenvalue weighted by Crippen LogP contribution is 2.28. The highest BCUT2D eigenvalue weighted by Gasteiger charge is 2.22. The Balaban J connectivity index is 1.78. The quantitative estimate of drug-likeness (QED) is 0.805. The molecule has 1 atom stereocenters.